The van der Waals surface area contributed by atoms with Gasteiger partial charge in [-0.15, -0.1) is 0 Å². The molecule has 0 bridgehead atoms. The minimum Gasteiger partial charge on any atom is -0.387 e. The third kappa shape index (κ3) is 4.41. The second kappa shape index (κ2) is 7.52. The van der Waals surface area contributed by atoms with Crippen molar-refractivity contribution < 1.29 is 9.84 Å². The fourth-order valence-electron chi connectivity index (χ4n) is 1.95. The molecule has 0 radical (unpaired) electrons. The van der Waals surface area contributed by atoms with Gasteiger partial charge in [-0.2, -0.15) is 0 Å². The van der Waals surface area contributed by atoms with Gasteiger partial charge in [0.2, 0.25) is 0 Å². The lowest BCUT2D eigenvalue weighted by Gasteiger charge is -2.29. The summed E-state index contributed by atoms with van der Waals surface area (Å²) in [5, 5.41) is 10.3. The lowest BCUT2D eigenvalue weighted by molar-refractivity contribution is 0.0670. The maximum absolute atomic E-state index is 10.3. The van der Waals surface area contributed by atoms with E-state index in [1.165, 1.54) is 5.56 Å². The summed E-state index contributed by atoms with van der Waals surface area (Å²) in [6, 6.07) is 8.18. The van der Waals surface area contributed by atoms with Crippen molar-refractivity contribution in [2.24, 2.45) is 0 Å². The molecule has 1 rings (SSSR count). The van der Waals surface area contributed by atoms with Gasteiger partial charge in [-0.05, 0) is 32.9 Å². The predicted molar refractivity (Wildman–Crippen MR) is 74.7 cm³/mol. The Kier molecular flexibility index (Phi) is 6.33. The summed E-state index contributed by atoms with van der Waals surface area (Å²) in [6.45, 7) is 5.80. The van der Waals surface area contributed by atoms with E-state index in [0.29, 0.717) is 0 Å². The molecule has 102 valence electrons. The van der Waals surface area contributed by atoms with Crippen molar-refractivity contribution in [1.82, 2.24) is 4.90 Å². The Morgan fingerprint density at radius 1 is 1.28 bits per heavy atom. The van der Waals surface area contributed by atoms with Crippen molar-refractivity contribution >= 4 is 0 Å². The minimum atomic E-state index is -0.446. The van der Waals surface area contributed by atoms with Gasteiger partial charge >= 0.3 is 0 Å². The lowest BCUT2D eigenvalue weighted by atomic mass is 10.0. The predicted octanol–water partition coefficient (Wildman–Crippen LogP) is 2.39. The van der Waals surface area contributed by atoms with Crippen LogP contribution >= 0.6 is 0 Å². The molecule has 0 saturated heterocycles. The highest BCUT2D eigenvalue weighted by Crippen LogP contribution is 2.20. The van der Waals surface area contributed by atoms with E-state index in [9.17, 15) is 5.11 Å². The molecule has 2 atom stereocenters. The Hall–Kier alpha value is -0.900. The van der Waals surface area contributed by atoms with Crippen LogP contribution in [-0.4, -0.2) is 43.4 Å². The quantitative estimate of drug-likeness (QED) is 0.755. The molecule has 1 N–H and O–H groups in total. The molecule has 0 aliphatic heterocycles. The molecule has 0 spiro atoms. The van der Waals surface area contributed by atoms with Gasteiger partial charge in [-0.25, -0.2) is 0 Å². The van der Waals surface area contributed by atoms with Gasteiger partial charge in [0, 0.05) is 26.3 Å². The molecule has 0 aliphatic carbocycles. The number of aliphatic hydroxyl groups excluding tert-OH is 1. The summed E-state index contributed by atoms with van der Waals surface area (Å²) >= 11 is 0. The van der Waals surface area contributed by atoms with Gasteiger partial charge in [-0.1, -0.05) is 29.8 Å². The molecule has 1 aromatic rings. The molecule has 0 aliphatic rings. The van der Waals surface area contributed by atoms with Gasteiger partial charge < -0.3 is 14.7 Å². The van der Waals surface area contributed by atoms with Crippen LogP contribution in [0.2, 0.25) is 0 Å². The Morgan fingerprint density at radius 2 is 1.89 bits per heavy atom. The molecule has 1 aromatic carbocycles. The first kappa shape index (κ1) is 15.2. The number of methoxy groups -OCH3 is 1. The van der Waals surface area contributed by atoms with Crippen molar-refractivity contribution in [2.75, 3.05) is 27.3 Å². The number of likely N-dealkylation sites (N-methyl/N-ethyl adjacent to an activating group) is 1. The Bertz CT molecular complexity index is 337. The van der Waals surface area contributed by atoms with Crippen LogP contribution in [0, 0.1) is 6.92 Å². The van der Waals surface area contributed by atoms with Crippen molar-refractivity contribution in [3.05, 3.63) is 35.4 Å². The smallest absolute Gasteiger partial charge is 0.0942 e. The number of aliphatic hydroxyl groups is 1. The Morgan fingerprint density at radius 3 is 2.44 bits per heavy atom. The van der Waals surface area contributed by atoms with Crippen LogP contribution in [0.25, 0.3) is 0 Å². The van der Waals surface area contributed by atoms with Gasteiger partial charge in [0.15, 0.2) is 0 Å². The summed E-state index contributed by atoms with van der Waals surface area (Å²) in [5.74, 6) is 0. The van der Waals surface area contributed by atoms with Crippen LogP contribution in [-0.2, 0) is 4.74 Å². The van der Waals surface area contributed by atoms with E-state index in [1.807, 2.05) is 31.3 Å². The molecule has 3 heteroatoms. The average Bonchev–Trinajstić information content (AvgIpc) is 2.38. The minimum absolute atomic E-state index is 0.101. The molecule has 0 aromatic heterocycles. The molecule has 0 heterocycles. The standard InChI is InChI=1S/C15H25NO2/c1-12-6-8-14(9-7-12)15(17)13(2)16(3)10-5-11-18-4/h6-9,13,15,17H,5,10-11H2,1-4H3. The number of aryl methyl sites for hydroxylation is 1. The van der Waals surface area contributed by atoms with E-state index in [0.717, 1.165) is 25.1 Å². The maximum atomic E-state index is 10.3. The number of hydrogen-bond acceptors (Lipinski definition) is 3. The summed E-state index contributed by atoms with van der Waals surface area (Å²) in [4.78, 5) is 2.17. The molecule has 3 nitrogen and oxygen atoms in total. The number of hydrogen-bond donors (Lipinski definition) is 1. The summed E-state index contributed by atoms with van der Waals surface area (Å²) in [6.07, 6.45) is 0.538. The largest absolute Gasteiger partial charge is 0.387 e. The van der Waals surface area contributed by atoms with Crippen molar-refractivity contribution in [2.45, 2.75) is 32.4 Å². The van der Waals surface area contributed by atoms with Crippen LogP contribution in [0.15, 0.2) is 24.3 Å². The SMILES string of the molecule is COCCCN(C)C(C)C(O)c1ccc(C)cc1. The molecule has 0 amide bonds. The second-order valence-corrected chi connectivity index (χ2v) is 4.92. The van der Waals surface area contributed by atoms with Gasteiger partial charge in [0.1, 0.15) is 0 Å². The van der Waals surface area contributed by atoms with E-state index in [4.69, 9.17) is 4.74 Å². The van der Waals surface area contributed by atoms with Crippen LogP contribution in [0.3, 0.4) is 0 Å². The molecule has 2 unspecified atom stereocenters. The Balaban J connectivity index is 2.54. The van der Waals surface area contributed by atoms with Crippen molar-refractivity contribution in [3.63, 3.8) is 0 Å². The van der Waals surface area contributed by atoms with E-state index in [-0.39, 0.29) is 6.04 Å². The van der Waals surface area contributed by atoms with Crippen LogP contribution in [0.5, 0.6) is 0 Å². The Labute approximate surface area is 110 Å². The topological polar surface area (TPSA) is 32.7 Å². The van der Waals surface area contributed by atoms with Crippen molar-refractivity contribution in [1.29, 1.82) is 0 Å². The molecule has 18 heavy (non-hydrogen) atoms. The molecule has 0 saturated carbocycles. The fourth-order valence-corrected chi connectivity index (χ4v) is 1.95. The summed E-state index contributed by atoms with van der Waals surface area (Å²) in [5.41, 5.74) is 2.19. The zero-order valence-corrected chi connectivity index (χ0v) is 11.9. The zero-order valence-electron chi connectivity index (χ0n) is 11.9. The average molecular weight is 251 g/mol. The van der Waals surface area contributed by atoms with Gasteiger partial charge in [-0.3, -0.25) is 0 Å². The molecular formula is C15H25NO2. The van der Waals surface area contributed by atoms with Gasteiger partial charge in [0.05, 0.1) is 6.10 Å². The lowest BCUT2D eigenvalue weighted by Crippen LogP contribution is -2.35. The molecule has 0 fully saturated rings. The number of nitrogens with zero attached hydrogens (tertiary/aromatic N) is 1. The monoisotopic (exact) mass is 251 g/mol. The number of benzene rings is 1. The van der Waals surface area contributed by atoms with Crippen LogP contribution in [0.4, 0.5) is 0 Å². The number of ether oxygens (including phenoxy) is 1. The summed E-state index contributed by atoms with van der Waals surface area (Å²) < 4.78 is 5.04. The maximum Gasteiger partial charge on any atom is 0.0942 e. The first-order valence-corrected chi connectivity index (χ1v) is 6.50. The fraction of sp³-hybridized carbons (Fsp3) is 0.600. The highest BCUT2D eigenvalue weighted by molar-refractivity contribution is 5.23. The normalized spacial score (nSPS) is 14.8. The van der Waals surface area contributed by atoms with E-state index < -0.39 is 6.10 Å². The highest BCUT2D eigenvalue weighted by atomic mass is 16.5. The van der Waals surface area contributed by atoms with E-state index in [2.05, 4.69) is 18.7 Å². The third-order valence-electron chi connectivity index (χ3n) is 3.43. The highest BCUT2D eigenvalue weighted by Gasteiger charge is 2.19. The third-order valence-corrected chi connectivity index (χ3v) is 3.43. The summed E-state index contributed by atoms with van der Waals surface area (Å²) in [7, 11) is 3.75. The van der Waals surface area contributed by atoms with E-state index >= 15 is 0 Å². The zero-order chi connectivity index (χ0) is 13.5. The second-order valence-electron chi connectivity index (χ2n) is 4.92. The van der Waals surface area contributed by atoms with Gasteiger partial charge in [0.25, 0.3) is 0 Å². The first-order valence-electron chi connectivity index (χ1n) is 6.50. The van der Waals surface area contributed by atoms with Crippen LogP contribution in [0.1, 0.15) is 30.6 Å². The number of rotatable bonds is 7. The molecular weight excluding hydrogens is 226 g/mol. The van der Waals surface area contributed by atoms with Crippen molar-refractivity contribution in [3.8, 4) is 0 Å². The van der Waals surface area contributed by atoms with Crippen LogP contribution < -0.4 is 0 Å². The van der Waals surface area contributed by atoms with E-state index in [1.54, 1.807) is 7.11 Å². The first-order chi connectivity index (χ1) is 8.56.